The molecule has 19 heavy (non-hydrogen) atoms. The van der Waals surface area contributed by atoms with E-state index in [0.29, 0.717) is 6.54 Å². The Kier molecular flexibility index (Phi) is 4.58. The Morgan fingerprint density at radius 1 is 1.63 bits per heavy atom. The summed E-state index contributed by atoms with van der Waals surface area (Å²) in [5.41, 5.74) is 0.535. The van der Waals surface area contributed by atoms with Crippen LogP contribution >= 0.6 is 0 Å². The predicted molar refractivity (Wildman–Crippen MR) is 72.5 cm³/mol. The van der Waals surface area contributed by atoms with Crippen molar-refractivity contribution < 1.29 is 9.32 Å². The Bertz CT molecular complexity index is 417. The zero-order valence-corrected chi connectivity index (χ0v) is 11.8. The Morgan fingerprint density at radius 3 is 3.05 bits per heavy atom. The monoisotopic (exact) mass is 265 g/mol. The molecule has 1 unspecified atom stereocenters. The van der Waals surface area contributed by atoms with E-state index in [1.807, 2.05) is 13.0 Å². The minimum Gasteiger partial charge on any atom is -0.361 e. The molecule has 106 valence electrons. The number of piperidine rings is 1. The fourth-order valence-corrected chi connectivity index (χ4v) is 2.83. The number of hydrogen-bond acceptors (Lipinski definition) is 4. The smallest absolute Gasteiger partial charge is 0.227 e. The molecular formula is C14H23N3O2. The second-order valence-electron chi connectivity index (χ2n) is 5.42. The van der Waals surface area contributed by atoms with E-state index in [2.05, 4.69) is 22.7 Å². The van der Waals surface area contributed by atoms with Crippen LogP contribution in [0, 0.1) is 12.3 Å². The van der Waals surface area contributed by atoms with Crippen molar-refractivity contribution >= 4 is 5.91 Å². The van der Waals surface area contributed by atoms with Gasteiger partial charge in [-0.15, -0.1) is 0 Å². The number of aromatic nitrogens is 1. The summed E-state index contributed by atoms with van der Waals surface area (Å²) in [4.78, 5) is 12.5. The van der Waals surface area contributed by atoms with E-state index < -0.39 is 0 Å². The van der Waals surface area contributed by atoms with Gasteiger partial charge < -0.3 is 15.2 Å². The SMILES string of the molecule is CCCC1(C(=O)NCc2cc(C)on2)CCCNC1. The molecule has 0 saturated carbocycles. The van der Waals surface area contributed by atoms with Gasteiger partial charge in [0.2, 0.25) is 5.91 Å². The van der Waals surface area contributed by atoms with E-state index in [-0.39, 0.29) is 11.3 Å². The number of nitrogens with one attached hydrogen (secondary N) is 2. The van der Waals surface area contributed by atoms with Gasteiger partial charge in [-0.05, 0) is 32.7 Å². The van der Waals surface area contributed by atoms with Crippen molar-refractivity contribution in [2.75, 3.05) is 13.1 Å². The van der Waals surface area contributed by atoms with Crippen molar-refractivity contribution in [3.05, 3.63) is 17.5 Å². The van der Waals surface area contributed by atoms with Gasteiger partial charge in [0.05, 0.1) is 12.0 Å². The zero-order chi connectivity index (χ0) is 13.7. The van der Waals surface area contributed by atoms with Gasteiger partial charge in [-0.3, -0.25) is 4.79 Å². The van der Waals surface area contributed by atoms with Gasteiger partial charge in [-0.1, -0.05) is 18.5 Å². The molecule has 0 aliphatic carbocycles. The van der Waals surface area contributed by atoms with E-state index in [1.165, 1.54) is 0 Å². The van der Waals surface area contributed by atoms with Gasteiger partial charge in [-0.2, -0.15) is 0 Å². The zero-order valence-electron chi connectivity index (χ0n) is 11.8. The molecule has 1 amide bonds. The summed E-state index contributed by atoms with van der Waals surface area (Å²) in [6.07, 6.45) is 4.00. The van der Waals surface area contributed by atoms with Gasteiger partial charge in [0.25, 0.3) is 0 Å². The van der Waals surface area contributed by atoms with Crippen LogP contribution in [0.1, 0.15) is 44.1 Å². The minimum atomic E-state index is -0.244. The van der Waals surface area contributed by atoms with Crippen LogP contribution in [0.2, 0.25) is 0 Å². The van der Waals surface area contributed by atoms with Crippen LogP contribution in [-0.4, -0.2) is 24.2 Å². The molecule has 1 fully saturated rings. The number of carbonyl (C=O) groups excluding carboxylic acids is 1. The summed E-state index contributed by atoms with van der Waals surface area (Å²) >= 11 is 0. The lowest BCUT2D eigenvalue weighted by atomic mass is 9.76. The second kappa shape index (κ2) is 6.19. The molecule has 1 saturated heterocycles. The average molecular weight is 265 g/mol. The third-order valence-corrected chi connectivity index (χ3v) is 3.79. The van der Waals surface area contributed by atoms with Gasteiger partial charge in [0.15, 0.2) is 0 Å². The van der Waals surface area contributed by atoms with Crippen LogP contribution in [0.15, 0.2) is 10.6 Å². The van der Waals surface area contributed by atoms with Crippen molar-refractivity contribution in [2.45, 2.75) is 46.1 Å². The number of carbonyl (C=O) groups is 1. The first kappa shape index (κ1) is 14.1. The van der Waals surface area contributed by atoms with E-state index in [4.69, 9.17) is 4.52 Å². The molecule has 1 aliphatic rings. The first-order valence-corrected chi connectivity index (χ1v) is 7.07. The fourth-order valence-electron chi connectivity index (χ4n) is 2.83. The van der Waals surface area contributed by atoms with E-state index >= 15 is 0 Å². The maximum Gasteiger partial charge on any atom is 0.227 e. The Labute approximate surface area is 114 Å². The average Bonchev–Trinajstić information content (AvgIpc) is 2.83. The molecule has 0 aromatic carbocycles. The maximum atomic E-state index is 12.5. The molecule has 1 atom stereocenters. The van der Waals surface area contributed by atoms with Crippen LogP contribution in [0.3, 0.4) is 0 Å². The molecule has 0 bridgehead atoms. The highest BCUT2D eigenvalue weighted by molar-refractivity contribution is 5.83. The summed E-state index contributed by atoms with van der Waals surface area (Å²) in [5.74, 6) is 0.911. The summed E-state index contributed by atoms with van der Waals surface area (Å²) in [6, 6.07) is 1.85. The van der Waals surface area contributed by atoms with Crippen LogP contribution in [0.4, 0.5) is 0 Å². The van der Waals surface area contributed by atoms with Crippen LogP contribution < -0.4 is 10.6 Å². The molecule has 0 spiro atoms. The maximum absolute atomic E-state index is 12.5. The quantitative estimate of drug-likeness (QED) is 0.851. The Morgan fingerprint density at radius 2 is 2.47 bits per heavy atom. The number of hydrogen-bond donors (Lipinski definition) is 2. The van der Waals surface area contributed by atoms with Crippen molar-refractivity contribution in [3.63, 3.8) is 0 Å². The molecule has 1 aromatic heterocycles. The number of amides is 1. The van der Waals surface area contributed by atoms with Gasteiger partial charge in [0, 0.05) is 12.6 Å². The highest BCUT2D eigenvalue weighted by Crippen LogP contribution is 2.31. The van der Waals surface area contributed by atoms with Crippen molar-refractivity contribution in [3.8, 4) is 0 Å². The van der Waals surface area contributed by atoms with Gasteiger partial charge in [0.1, 0.15) is 11.5 Å². The molecular weight excluding hydrogens is 242 g/mol. The van der Waals surface area contributed by atoms with Crippen LogP contribution in [-0.2, 0) is 11.3 Å². The van der Waals surface area contributed by atoms with Crippen molar-refractivity contribution in [2.24, 2.45) is 5.41 Å². The lowest BCUT2D eigenvalue weighted by molar-refractivity contribution is -0.132. The minimum absolute atomic E-state index is 0.141. The molecule has 0 radical (unpaired) electrons. The fraction of sp³-hybridized carbons (Fsp3) is 0.714. The summed E-state index contributed by atoms with van der Waals surface area (Å²) in [5, 5.41) is 10.3. The second-order valence-corrected chi connectivity index (χ2v) is 5.42. The topological polar surface area (TPSA) is 67.2 Å². The molecule has 1 aliphatic heterocycles. The van der Waals surface area contributed by atoms with Crippen molar-refractivity contribution in [1.29, 1.82) is 0 Å². The number of aryl methyl sites for hydroxylation is 1. The molecule has 2 rings (SSSR count). The third kappa shape index (κ3) is 3.35. The summed E-state index contributed by atoms with van der Waals surface area (Å²) in [6.45, 7) is 6.22. The summed E-state index contributed by atoms with van der Waals surface area (Å²) < 4.78 is 5.00. The first-order chi connectivity index (χ1) is 9.16. The normalized spacial score (nSPS) is 23.3. The lowest BCUT2D eigenvalue weighted by Crippen LogP contribution is -2.50. The van der Waals surface area contributed by atoms with Crippen LogP contribution in [0.25, 0.3) is 0 Å². The predicted octanol–water partition coefficient (Wildman–Crippen LogP) is 1.77. The van der Waals surface area contributed by atoms with E-state index in [9.17, 15) is 4.79 Å². The Hall–Kier alpha value is -1.36. The third-order valence-electron chi connectivity index (χ3n) is 3.79. The lowest BCUT2D eigenvalue weighted by Gasteiger charge is -2.36. The van der Waals surface area contributed by atoms with E-state index in [1.54, 1.807) is 0 Å². The number of nitrogens with zero attached hydrogens (tertiary/aromatic N) is 1. The molecule has 5 nitrogen and oxygen atoms in total. The summed E-state index contributed by atoms with van der Waals surface area (Å²) in [7, 11) is 0. The molecule has 2 heterocycles. The first-order valence-electron chi connectivity index (χ1n) is 7.07. The largest absolute Gasteiger partial charge is 0.361 e. The van der Waals surface area contributed by atoms with Gasteiger partial charge in [-0.25, -0.2) is 0 Å². The molecule has 2 N–H and O–H groups in total. The Balaban J connectivity index is 1.95. The highest BCUT2D eigenvalue weighted by atomic mass is 16.5. The molecule has 5 heteroatoms. The molecule has 1 aromatic rings. The van der Waals surface area contributed by atoms with Crippen LogP contribution in [0.5, 0.6) is 0 Å². The van der Waals surface area contributed by atoms with Crippen molar-refractivity contribution in [1.82, 2.24) is 15.8 Å². The standard InChI is InChI=1S/C14H23N3O2/c1-3-5-14(6-4-7-15-10-14)13(18)16-9-12-8-11(2)19-17-12/h8,15H,3-7,9-10H2,1-2H3,(H,16,18). The van der Waals surface area contributed by atoms with Gasteiger partial charge >= 0.3 is 0 Å². The van der Waals surface area contributed by atoms with E-state index in [0.717, 1.165) is 50.2 Å². The highest BCUT2D eigenvalue weighted by Gasteiger charge is 2.38. The number of rotatable bonds is 5.